The maximum absolute atomic E-state index is 4.97. The Kier molecular flexibility index (Phi) is 8.07. The van der Waals surface area contributed by atoms with Gasteiger partial charge < -0.3 is 4.90 Å². The minimum Gasteiger partial charge on any atom is -0.378 e. The Morgan fingerprint density at radius 2 is 1.17 bits per heavy atom. The molecule has 6 aromatic carbocycles. The normalized spacial score (nSPS) is 13.6. The Balaban J connectivity index is 1.43. The second-order valence-electron chi connectivity index (χ2n) is 16.1. The fraction of sp³-hybridized carbons (Fsp3) is 0.224. The van der Waals surface area contributed by atoms with Crippen molar-refractivity contribution in [2.24, 2.45) is 0 Å². The minimum atomic E-state index is -0.00232. The minimum absolute atomic E-state index is 0.00232. The largest absolute Gasteiger partial charge is 0.378 e. The van der Waals surface area contributed by atoms with E-state index in [-0.39, 0.29) is 5.41 Å². The average molecular weight is 706 g/mol. The highest BCUT2D eigenvalue weighted by molar-refractivity contribution is 6.30. The Morgan fingerprint density at radius 3 is 1.74 bits per heavy atom. The van der Waals surface area contributed by atoms with Crippen LogP contribution in [0.1, 0.15) is 62.3 Å². The second kappa shape index (κ2) is 12.9. The second-order valence-corrected chi connectivity index (χ2v) is 16.1. The molecule has 8 aromatic rings. The van der Waals surface area contributed by atoms with E-state index in [0.29, 0.717) is 5.92 Å². The molecule has 1 aliphatic rings. The lowest BCUT2D eigenvalue weighted by atomic mass is 9.70. The molecule has 2 aromatic heterocycles. The predicted octanol–water partition coefficient (Wildman–Crippen LogP) is 13.0. The van der Waals surface area contributed by atoms with E-state index in [1.807, 2.05) is 24.5 Å². The van der Waals surface area contributed by atoms with Crippen LogP contribution in [0, 0.1) is 6.92 Å². The van der Waals surface area contributed by atoms with Crippen LogP contribution in [0.5, 0.6) is 0 Å². The summed E-state index contributed by atoms with van der Waals surface area (Å²) >= 11 is 0. The monoisotopic (exact) mass is 705 g/mol. The van der Waals surface area contributed by atoms with Crippen LogP contribution >= 0.6 is 0 Å². The van der Waals surface area contributed by atoms with Gasteiger partial charge in [-0.15, -0.1) is 0 Å². The molecule has 0 saturated heterocycles. The predicted molar refractivity (Wildman–Crippen MR) is 230 cm³/mol. The molecule has 0 spiro atoms. The maximum Gasteiger partial charge on any atom is 0.137 e. The number of benzene rings is 6. The number of hydrogen-bond donors (Lipinski definition) is 0. The molecule has 5 nitrogen and oxygen atoms in total. The number of aryl methyl sites for hydroxylation is 2. The molecule has 0 amide bonds. The van der Waals surface area contributed by atoms with Gasteiger partial charge in [0.2, 0.25) is 0 Å². The van der Waals surface area contributed by atoms with Crippen molar-refractivity contribution in [3.8, 4) is 0 Å². The topological polar surface area (TPSA) is 35.5 Å². The maximum atomic E-state index is 4.97. The van der Waals surface area contributed by atoms with Gasteiger partial charge in [-0.3, -0.25) is 9.80 Å². The molecule has 268 valence electrons. The molecule has 0 saturated carbocycles. The fourth-order valence-corrected chi connectivity index (χ4v) is 8.69. The first-order valence-corrected chi connectivity index (χ1v) is 19.2. The summed E-state index contributed by atoms with van der Waals surface area (Å²) in [6, 6.07) is 42.3. The molecule has 0 radical (unpaired) electrons. The van der Waals surface area contributed by atoms with Gasteiger partial charge in [0.25, 0.3) is 0 Å². The van der Waals surface area contributed by atoms with Crippen LogP contribution in [-0.2, 0) is 11.8 Å². The molecule has 2 heterocycles. The van der Waals surface area contributed by atoms with E-state index < -0.39 is 0 Å². The van der Waals surface area contributed by atoms with E-state index in [0.717, 1.165) is 52.9 Å². The summed E-state index contributed by atoms with van der Waals surface area (Å²) in [4.78, 5) is 16.8. The first-order chi connectivity index (χ1) is 26.1. The van der Waals surface area contributed by atoms with Crippen molar-refractivity contribution >= 4 is 72.4 Å². The van der Waals surface area contributed by atoms with Gasteiger partial charge in [0.05, 0.1) is 11.4 Å². The van der Waals surface area contributed by atoms with Crippen LogP contribution in [0.3, 0.4) is 0 Å². The highest BCUT2D eigenvalue weighted by Crippen LogP contribution is 2.54. The molecular formula is C49H47N5. The summed E-state index contributed by atoms with van der Waals surface area (Å²) in [5.74, 6) is 2.11. The van der Waals surface area contributed by atoms with E-state index in [9.17, 15) is 0 Å². The summed E-state index contributed by atoms with van der Waals surface area (Å²) < 4.78 is 0. The Hall–Kier alpha value is -5.94. The van der Waals surface area contributed by atoms with Crippen molar-refractivity contribution in [2.45, 2.75) is 58.8 Å². The third-order valence-corrected chi connectivity index (χ3v) is 11.6. The zero-order chi connectivity index (χ0) is 37.3. The van der Waals surface area contributed by atoms with E-state index >= 15 is 0 Å². The molecule has 9 rings (SSSR count). The average Bonchev–Trinajstić information content (AvgIpc) is 3.18. The van der Waals surface area contributed by atoms with E-state index in [4.69, 9.17) is 9.97 Å². The third-order valence-electron chi connectivity index (χ3n) is 11.6. The molecule has 0 bridgehead atoms. The van der Waals surface area contributed by atoms with Gasteiger partial charge in [-0.1, -0.05) is 69.7 Å². The Labute approximate surface area is 318 Å². The highest BCUT2D eigenvalue weighted by Gasteiger charge is 2.34. The standard InChI is InChI=1S/C49H47N5/c1-31(2)39-30-43(54(45-13-9-11-27-51-45)35-16-14-32(3)15-17-35)40-29-41-46-33(24-25-49(41,4)5)28-42(38-23-22-37(39)47(40)48(38)46)53(44-12-8-10-26-50-44)36-20-18-34(19-21-36)52(6)7/h8-23,26-31H,24-25H2,1-7H3. The van der Waals surface area contributed by atoms with E-state index in [2.05, 4.69) is 167 Å². The van der Waals surface area contributed by atoms with Crippen molar-refractivity contribution in [3.05, 3.63) is 150 Å². The lowest BCUT2D eigenvalue weighted by Gasteiger charge is -2.37. The smallest absolute Gasteiger partial charge is 0.137 e. The zero-order valence-electron chi connectivity index (χ0n) is 32.4. The number of rotatable bonds is 8. The first-order valence-electron chi connectivity index (χ1n) is 19.2. The number of hydrogen-bond acceptors (Lipinski definition) is 5. The summed E-state index contributed by atoms with van der Waals surface area (Å²) in [5, 5.41) is 7.90. The molecule has 0 aliphatic heterocycles. The van der Waals surface area contributed by atoms with E-state index in [1.54, 1.807) is 0 Å². The van der Waals surface area contributed by atoms with Gasteiger partial charge in [0, 0.05) is 59.7 Å². The van der Waals surface area contributed by atoms with Crippen molar-refractivity contribution in [2.75, 3.05) is 28.8 Å². The third kappa shape index (κ3) is 5.44. The molecule has 1 aliphatic carbocycles. The molecule has 0 unspecified atom stereocenters. The van der Waals surface area contributed by atoms with Crippen LogP contribution < -0.4 is 14.7 Å². The van der Waals surface area contributed by atoms with Crippen LogP contribution in [-0.4, -0.2) is 24.1 Å². The zero-order valence-corrected chi connectivity index (χ0v) is 32.4. The molecule has 54 heavy (non-hydrogen) atoms. The van der Waals surface area contributed by atoms with Crippen LogP contribution in [0.25, 0.3) is 32.3 Å². The lowest BCUT2D eigenvalue weighted by Crippen LogP contribution is -2.24. The molecular weight excluding hydrogens is 659 g/mol. The summed E-state index contributed by atoms with van der Waals surface area (Å²) in [6.07, 6.45) is 5.89. The van der Waals surface area contributed by atoms with Gasteiger partial charge in [0.15, 0.2) is 0 Å². The number of nitrogens with zero attached hydrogens (tertiary/aromatic N) is 5. The van der Waals surface area contributed by atoms with Crippen LogP contribution in [0.15, 0.2) is 128 Å². The SMILES string of the molecule is Cc1ccc(N(c2ccccn2)c2cc(C(C)C)c3ccc4c(N(c5ccc(N(C)C)cc5)c5ccccn5)cc5c6c(cc2c3c46)C(C)(C)CC5)cc1. The summed E-state index contributed by atoms with van der Waals surface area (Å²) in [5.41, 5.74) is 11.1. The van der Waals surface area contributed by atoms with Crippen LogP contribution in [0.4, 0.5) is 40.1 Å². The van der Waals surface area contributed by atoms with Gasteiger partial charge >= 0.3 is 0 Å². The lowest BCUT2D eigenvalue weighted by molar-refractivity contribution is 0.475. The van der Waals surface area contributed by atoms with Crippen molar-refractivity contribution < 1.29 is 0 Å². The van der Waals surface area contributed by atoms with Gasteiger partial charge in [0.1, 0.15) is 11.6 Å². The number of anilines is 7. The fourth-order valence-electron chi connectivity index (χ4n) is 8.69. The first kappa shape index (κ1) is 33.9. The summed E-state index contributed by atoms with van der Waals surface area (Å²) in [6.45, 7) is 11.6. The quantitative estimate of drug-likeness (QED) is 0.147. The van der Waals surface area contributed by atoms with Crippen molar-refractivity contribution in [1.29, 1.82) is 0 Å². The Bertz CT molecular complexity index is 2630. The number of pyridine rings is 2. The Morgan fingerprint density at radius 1 is 0.593 bits per heavy atom. The van der Waals surface area contributed by atoms with Crippen molar-refractivity contribution in [3.63, 3.8) is 0 Å². The molecule has 5 heteroatoms. The van der Waals surface area contributed by atoms with Gasteiger partial charge in [-0.05, 0) is 143 Å². The molecule has 0 atom stereocenters. The number of aromatic nitrogens is 2. The van der Waals surface area contributed by atoms with Gasteiger partial charge in [-0.2, -0.15) is 0 Å². The summed E-state index contributed by atoms with van der Waals surface area (Å²) in [7, 11) is 4.17. The molecule has 0 N–H and O–H groups in total. The van der Waals surface area contributed by atoms with E-state index in [1.165, 1.54) is 54.6 Å². The van der Waals surface area contributed by atoms with Gasteiger partial charge in [-0.25, -0.2) is 9.97 Å². The van der Waals surface area contributed by atoms with Crippen LogP contribution in [0.2, 0.25) is 0 Å². The highest BCUT2D eigenvalue weighted by atomic mass is 15.2. The van der Waals surface area contributed by atoms with Crippen molar-refractivity contribution in [1.82, 2.24) is 9.97 Å². The molecule has 0 fully saturated rings.